The Morgan fingerprint density at radius 2 is 1.72 bits per heavy atom. The van der Waals surface area contributed by atoms with E-state index < -0.39 is 0 Å². The van der Waals surface area contributed by atoms with Gasteiger partial charge in [0.15, 0.2) is 6.04 Å². The number of nitrogens with one attached hydrogen (secondary N) is 3. The molecule has 0 unspecified atom stereocenters. The molecule has 0 aromatic heterocycles. The molecule has 0 bridgehead atoms. The summed E-state index contributed by atoms with van der Waals surface area (Å²) < 4.78 is 5.07. The van der Waals surface area contributed by atoms with Crippen LogP contribution >= 0.6 is 0 Å². The minimum Gasteiger partial charge on any atom is -0.466 e. The van der Waals surface area contributed by atoms with Crippen LogP contribution in [0.15, 0.2) is 0 Å². The standard InChI is InChI=1S/C18H31N3O4/c1-3-25-17(23)14-9-11-21(12-10-14)13(2)16(22)20-18(24)19-15-7-5-4-6-8-15/h13-15H,3-12H2,1-2H3,(H2,19,20,22,24)/p+1/t13-/m1/s1. The van der Waals surface area contributed by atoms with Crippen LogP contribution in [0.2, 0.25) is 0 Å². The van der Waals surface area contributed by atoms with Gasteiger partial charge in [-0.3, -0.25) is 14.9 Å². The van der Waals surface area contributed by atoms with Crippen LogP contribution in [-0.4, -0.2) is 49.7 Å². The first-order chi connectivity index (χ1) is 12.0. The highest BCUT2D eigenvalue weighted by molar-refractivity contribution is 5.96. The van der Waals surface area contributed by atoms with Gasteiger partial charge < -0.3 is 15.0 Å². The van der Waals surface area contributed by atoms with E-state index in [0.717, 1.165) is 56.5 Å². The molecular weight excluding hydrogens is 322 g/mol. The van der Waals surface area contributed by atoms with Gasteiger partial charge in [0.2, 0.25) is 0 Å². The number of esters is 1. The van der Waals surface area contributed by atoms with E-state index in [9.17, 15) is 14.4 Å². The van der Waals surface area contributed by atoms with E-state index in [2.05, 4.69) is 10.6 Å². The lowest BCUT2D eigenvalue weighted by Crippen LogP contribution is -3.17. The topological polar surface area (TPSA) is 88.9 Å². The summed E-state index contributed by atoms with van der Waals surface area (Å²) >= 11 is 0. The fraction of sp³-hybridized carbons (Fsp3) is 0.833. The highest BCUT2D eigenvalue weighted by Crippen LogP contribution is 2.17. The molecule has 7 heteroatoms. The van der Waals surface area contributed by atoms with E-state index in [0.29, 0.717) is 6.61 Å². The average molecular weight is 354 g/mol. The third kappa shape index (κ3) is 5.99. The molecule has 1 aliphatic heterocycles. The smallest absolute Gasteiger partial charge is 0.321 e. The fourth-order valence-corrected chi connectivity index (χ4v) is 3.79. The maximum atomic E-state index is 12.3. The Morgan fingerprint density at radius 1 is 1.08 bits per heavy atom. The Balaban J connectivity index is 1.72. The van der Waals surface area contributed by atoms with E-state index in [1.807, 2.05) is 13.8 Å². The molecule has 2 rings (SSSR count). The SMILES string of the molecule is CCOC(=O)C1CC[NH+]([C@H](C)C(=O)NC(=O)NC2CCCCC2)CC1. The first-order valence-electron chi connectivity index (χ1n) is 9.63. The van der Waals surface area contributed by atoms with Crippen LogP contribution in [-0.2, 0) is 14.3 Å². The van der Waals surface area contributed by atoms with Crippen molar-refractivity contribution in [2.75, 3.05) is 19.7 Å². The minimum absolute atomic E-state index is 0.0615. The molecule has 1 heterocycles. The van der Waals surface area contributed by atoms with Gasteiger partial charge in [0.1, 0.15) is 0 Å². The zero-order chi connectivity index (χ0) is 18.2. The normalized spacial score (nSPS) is 25.7. The summed E-state index contributed by atoms with van der Waals surface area (Å²) in [5.74, 6) is -0.447. The molecular formula is C18H32N3O4+. The molecule has 0 spiro atoms. The van der Waals surface area contributed by atoms with Crippen molar-refractivity contribution in [1.29, 1.82) is 0 Å². The van der Waals surface area contributed by atoms with Gasteiger partial charge >= 0.3 is 12.0 Å². The number of imide groups is 1. The van der Waals surface area contributed by atoms with Gasteiger partial charge in [-0.25, -0.2) is 4.79 Å². The largest absolute Gasteiger partial charge is 0.466 e. The van der Waals surface area contributed by atoms with Gasteiger partial charge in [-0.2, -0.15) is 0 Å². The van der Waals surface area contributed by atoms with Crippen molar-refractivity contribution in [2.45, 2.75) is 70.9 Å². The second-order valence-electron chi connectivity index (χ2n) is 7.20. The summed E-state index contributed by atoms with van der Waals surface area (Å²) in [6.45, 7) is 5.53. The number of likely N-dealkylation sites (tertiary alicyclic amines) is 1. The van der Waals surface area contributed by atoms with Crippen molar-refractivity contribution in [1.82, 2.24) is 10.6 Å². The second-order valence-corrected chi connectivity index (χ2v) is 7.20. The molecule has 142 valence electrons. The molecule has 7 nitrogen and oxygen atoms in total. The summed E-state index contributed by atoms with van der Waals surface area (Å²) in [6, 6.07) is -0.505. The fourth-order valence-electron chi connectivity index (χ4n) is 3.79. The molecule has 0 aromatic rings. The number of carbonyl (C=O) groups excluding carboxylic acids is 3. The van der Waals surface area contributed by atoms with Crippen LogP contribution in [0.3, 0.4) is 0 Å². The summed E-state index contributed by atoms with van der Waals surface area (Å²) in [5, 5.41) is 5.38. The molecule has 2 aliphatic rings. The summed E-state index contributed by atoms with van der Waals surface area (Å²) in [5.41, 5.74) is 0. The van der Waals surface area contributed by atoms with Gasteiger partial charge in [0, 0.05) is 18.9 Å². The molecule has 2 fully saturated rings. The first-order valence-corrected chi connectivity index (χ1v) is 9.63. The number of hydrogen-bond donors (Lipinski definition) is 3. The number of carbonyl (C=O) groups is 3. The highest BCUT2D eigenvalue weighted by Gasteiger charge is 2.34. The van der Waals surface area contributed by atoms with E-state index in [1.54, 1.807) is 0 Å². The Bertz CT molecular complexity index is 469. The zero-order valence-electron chi connectivity index (χ0n) is 15.4. The quantitative estimate of drug-likeness (QED) is 0.623. The van der Waals surface area contributed by atoms with Crippen molar-refractivity contribution >= 4 is 17.9 Å². The van der Waals surface area contributed by atoms with E-state index in [4.69, 9.17) is 4.74 Å². The number of amides is 3. The molecule has 3 N–H and O–H groups in total. The summed E-state index contributed by atoms with van der Waals surface area (Å²) in [4.78, 5) is 37.2. The predicted molar refractivity (Wildman–Crippen MR) is 93.1 cm³/mol. The van der Waals surface area contributed by atoms with Gasteiger partial charge in [-0.05, 0) is 26.7 Å². The molecule has 0 radical (unpaired) electrons. The number of hydrogen-bond acceptors (Lipinski definition) is 4. The van der Waals surface area contributed by atoms with Gasteiger partial charge in [0.25, 0.3) is 5.91 Å². The molecule has 0 aromatic carbocycles. The van der Waals surface area contributed by atoms with Crippen LogP contribution in [0, 0.1) is 5.92 Å². The number of ether oxygens (including phenoxy) is 1. The van der Waals surface area contributed by atoms with Crippen molar-refractivity contribution < 1.29 is 24.0 Å². The van der Waals surface area contributed by atoms with Crippen LogP contribution in [0.1, 0.15) is 58.8 Å². The lowest BCUT2D eigenvalue weighted by atomic mass is 9.95. The lowest BCUT2D eigenvalue weighted by Gasteiger charge is -2.31. The Morgan fingerprint density at radius 3 is 2.32 bits per heavy atom. The van der Waals surface area contributed by atoms with E-state index in [-0.39, 0.29) is 35.9 Å². The molecule has 1 aliphatic carbocycles. The molecule has 1 saturated heterocycles. The van der Waals surface area contributed by atoms with Crippen LogP contribution in [0.5, 0.6) is 0 Å². The summed E-state index contributed by atoms with van der Waals surface area (Å²) in [7, 11) is 0. The third-order valence-electron chi connectivity index (χ3n) is 5.43. The van der Waals surface area contributed by atoms with Crippen LogP contribution < -0.4 is 15.5 Å². The number of quaternary nitrogens is 1. The maximum Gasteiger partial charge on any atom is 0.321 e. The maximum absolute atomic E-state index is 12.3. The number of rotatable bonds is 5. The van der Waals surface area contributed by atoms with Crippen molar-refractivity contribution in [3.05, 3.63) is 0 Å². The van der Waals surface area contributed by atoms with Crippen molar-refractivity contribution in [2.24, 2.45) is 5.92 Å². The minimum atomic E-state index is -0.385. The second kappa shape index (κ2) is 9.75. The predicted octanol–water partition coefficient (Wildman–Crippen LogP) is 0.391. The zero-order valence-corrected chi connectivity index (χ0v) is 15.4. The van der Waals surface area contributed by atoms with E-state index in [1.165, 1.54) is 6.42 Å². The average Bonchev–Trinajstić information content (AvgIpc) is 2.62. The van der Waals surface area contributed by atoms with Gasteiger partial charge in [0.05, 0.1) is 25.6 Å². The Kier molecular flexibility index (Phi) is 7.68. The van der Waals surface area contributed by atoms with Crippen LogP contribution in [0.4, 0.5) is 4.79 Å². The third-order valence-corrected chi connectivity index (χ3v) is 5.43. The lowest BCUT2D eigenvalue weighted by molar-refractivity contribution is -0.919. The highest BCUT2D eigenvalue weighted by atomic mass is 16.5. The first kappa shape index (κ1) is 19.7. The molecule has 1 atom stereocenters. The van der Waals surface area contributed by atoms with Crippen LogP contribution in [0.25, 0.3) is 0 Å². The van der Waals surface area contributed by atoms with Gasteiger partial charge in [-0.1, -0.05) is 19.3 Å². The Hall–Kier alpha value is -1.63. The van der Waals surface area contributed by atoms with Crippen molar-refractivity contribution in [3.8, 4) is 0 Å². The number of piperidine rings is 1. The van der Waals surface area contributed by atoms with Gasteiger partial charge in [-0.15, -0.1) is 0 Å². The molecule has 25 heavy (non-hydrogen) atoms. The van der Waals surface area contributed by atoms with E-state index >= 15 is 0 Å². The summed E-state index contributed by atoms with van der Waals surface area (Å²) in [6.07, 6.45) is 6.91. The Labute approximate surface area is 149 Å². The van der Waals surface area contributed by atoms with Crippen molar-refractivity contribution in [3.63, 3.8) is 0 Å². The molecule has 3 amide bonds. The monoisotopic (exact) mass is 354 g/mol. The molecule has 1 saturated carbocycles. The number of urea groups is 1.